The van der Waals surface area contributed by atoms with Crippen LogP contribution >= 0.6 is 0 Å². The van der Waals surface area contributed by atoms with Gasteiger partial charge in [0.15, 0.2) is 15.6 Å². The van der Waals surface area contributed by atoms with E-state index in [1.165, 1.54) is 0 Å². The zero-order valence-corrected chi connectivity index (χ0v) is 16.9. The molecule has 1 saturated heterocycles. The summed E-state index contributed by atoms with van der Waals surface area (Å²) in [6, 6.07) is 1.66. The minimum Gasteiger partial charge on any atom is -0.489 e. The van der Waals surface area contributed by atoms with E-state index >= 15 is 0 Å². The van der Waals surface area contributed by atoms with Gasteiger partial charge in [0.2, 0.25) is 0 Å². The quantitative estimate of drug-likeness (QED) is 0.809. The van der Waals surface area contributed by atoms with Crippen LogP contribution in [0.1, 0.15) is 40.3 Å². The van der Waals surface area contributed by atoms with Gasteiger partial charge in [0, 0.05) is 24.2 Å². The summed E-state index contributed by atoms with van der Waals surface area (Å²) >= 11 is 0. The van der Waals surface area contributed by atoms with Crippen LogP contribution in [0.5, 0.6) is 5.75 Å². The summed E-state index contributed by atoms with van der Waals surface area (Å²) in [7, 11) is -3.61. The summed E-state index contributed by atoms with van der Waals surface area (Å²) in [6.07, 6.45) is 3.03. The van der Waals surface area contributed by atoms with Gasteiger partial charge in [0.25, 0.3) is 0 Å². The van der Waals surface area contributed by atoms with Crippen LogP contribution < -0.4 is 4.74 Å². The fourth-order valence-corrected chi connectivity index (χ4v) is 4.07. The molecule has 0 N–H and O–H groups in total. The average molecular weight is 382 g/mol. The number of hydrogen-bond acceptors (Lipinski definition) is 6. The van der Waals surface area contributed by atoms with Gasteiger partial charge in [-0.05, 0) is 41.5 Å². The van der Waals surface area contributed by atoms with Gasteiger partial charge in [-0.15, -0.1) is 0 Å². The predicted molar refractivity (Wildman–Crippen MR) is 97.3 cm³/mol. The highest BCUT2D eigenvalue weighted by Crippen LogP contribution is 2.34. The van der Waals surface area contributed by atoms with Crippen molar-refractivity contribution in [2.75, 3.05) is 13.2 Å². The zero-order valence-electron chi connectivity index (χ0n) is 16.1. The van der Waals surface area contributed by atoms with Crippen LogP contribution in [0, 0.1) is 6.92 Å². The molecular formula is C18H26N2O5S. The Labute approximate surface area is 154 Å². The summed E-state index contributed by atoms with van der Waals surface area (Å²) in [5.74, 6) is -0.371. The number of aryl methyl sites for hydroxylation is 1. The first kappa shape index (κ1) is 19.1. The van der Waals surface area contributed by atoms with Crippen molar-refractivity contribution in [2.24, 2.45) is 0 Å². The third kappa shape index (κ3) is 3.45. The monoisotopic (exact) mass is 382 g/mol. The molecule has 2 aromatic heterocycles. The Morgan fingerprint density at radius 3 is 2.65 bits per heavy atom. The molecule has 7 nitrogen and oxygen atoms in total. The number of imidazole rings is 1. The molecule has 1 atom stereocenters. The van der Waals surface area contributed by atoms with Crippen molar-refractivity contribution in [3.63, 3.8) is 0 Å². The minimum atomic E-state index is -3.61. The molecule has 3 heterocycles. The molecule has 0 amide bonds. The maximum absolute atomic E-state index is 13.1. The minimum absolute atomic E-state index is 0.150. The number of rotatable bonds is 4. The molecule has 1 unspecified atom stereocenters. The van der Waals surface area contributed by atoms with Crippen molar-refractivity contribution in [3.8, 4) is 5.75 Å². The summed E-state index contributed by atoms with van der Waals surface area (Å²) in [6.45, 7) is 11.2. The SMILES string of the molecule is Cc1cnc2cc(OCC3COC(C)(C)O3)c(S(=O)(=O)C(C)(C)C)cn12. The standard InChI is InChI=1S/C18H26N2O5S/c1-12-8-19-16-7-14(23-10-13-11-24-18(5,6)25-13)15(9-20(12)16)26(21,22)17(2,3)4/h7-9,13H,10-11H2,1-6H3. The third-order valence-corrected chi connectivity index (χ3v) is 6.85. The van der Waals surface area contributed by atoms with Gasteiger partial charge in [-0.1, -0.05) is 0 Å². The molecule has 144 valence electrons. The lowest BCUT2D eigenvalue weighted by Gasteiger charge is -2.22. The Kier molecular flexibility index (Phi) is 4.57. The van der Waals surface area contributed by atoms with Gasteiger partial charge in [-0.2, -0.15) is 0 Å². The first-order valence-electron chi connectivity index (χ1n) is 8.58. The second kappa shape index (κ2) is 6.21. The maximum Gasteiger partial charge on any atom is 0.188 e. The van der Waals surface area contributed by atoms with E-state index in [2.05, 4.69) is 4.98 Å². The largest absolute Gasteiger partial charge is 0.489 e. The number of nitrogens with zero attached hydrogens (tertiary/aromatic N) is 2. The van der Waals surface area contributed by atoms with E-state index in [9.17, 15) is 8.42 Å². The van der Waals surface area contributed by atoms with E-state index in [4.69, 9.17) is 14.2 Å². The summed E-state index contributed by atoms with van der Waals surface area (Å²) < 4.78 is 44.1. The number of pyridine rings is 1. The Bertz CT molecular complexity index is 925. The Morgan fingerprint density at radius 2 is 2.08 bits per heavy atom. The Balaban J connectivity index is 1.99. The van der Waals surface area contributed by atoms with Crippen molar-refractivity contribution in [3.05, 3.63) is 24.2 Å². The number of fused-ring (bicyclic) bond motifs is 1. The molecule has 0 radical (unpaired) electrons. The molecule has 0 spiro atoms. The summed E-state index contributed by atoms with van der Waals surface area (Å²) in [5.41, 5.74) is 1.49. The summed E-state index contributed by atoms with van der Waals surface area (Å²) in [5, 5.41) is 0. The topological polar surface area (TPSA) is 79.1 Å². The van der Waals surface area contributed by atoms with Crippen molar-refractivity contribution >= 4 is 15.5 Å². The van der Waals surface area contributed by atoms with Crippen LogP contribution in [-0.4, -0.2) is 47.7 Å². The van der Waals surface area contributed by atoms with Gasteiger partial charge in [0.1, 0.15) is 29.0 Å². The van der Waals surface area contributed by atoms with Crippen LogP contribution in [-0.2, 0) is 19.3 Å². The highest BCUT2D eigenvalue weighted by Gasteiger charge is 2.36. The normalized spacial score (nSPS) is 20.6. The van der Waals surface area contributed by atoms with E-state index < -0.39 is 20.4 Å². The van der Waals surface area contributed by atoms with Gasteiger partial charge in [-0.3, -0.25) is 0 Å². The fourth-order valence-electron chi connectivity index (χ4n) is 2.78. The van der Waals surface area contributed by atoms with Gasteiger partial charge in [-0.25, -0.2) is 13.4 Å². The van der Waals surface area contributed by atoms with E-state index in [0.717, 1.165) is 5.69 Å². The molecule has 0 bridgehead atoms. The Hall–Kier alpha value is -1.64. The van der Waals surface area contributed by atoms with Gasteiger partial charge >= 0.3 is 0 Å². The van der Waals surface area contributed by atoms with Crippen LogP contribution in [0.2, 0.25) is 0 Å². The van der Waals surface area contributed by atoms with E-state index in [-0.39, 0.29) is 23.4 Å². The lowest BCUT2D eigenvalue weighted by Crippen LogP contribution is -2.29. The molecule has 0 aromatic carbocycles. The number of hydrogen-bond donors (Lipinski definition) is 0. The van der Waals surface area contributed by atoms with Crippen molar-refractivity contribution in [2.45, 2.75) is 63.1 Å². The Morgan fingerprint density at radius 1 is 1.38 bits per heavy atom. The fraction of sp³-hybridized carbons (Fsp3) is 0.611. The van der Waals surface area contributed by atoms with E-state index in [1.807, 2.05) is 20.8 Å². The molecule has 0 aliphatic carbocycles. The first-order valence-corrected chi connectivity index (χ1v) is 10.1. The van der Waals surface area contributed by atoms with Crippen molar-refractivity contribution in [1.82, 2.24) is 9.38 Å². The lowest BCUT2D eigenvalue weighted by molar-refractivity contribution is -0.141. The zero-order chi connectivity index (χ0) is 19.3. The molecule has 8 heteroatoms. The maximum atomic E-state index is 13.1. The predicted octanol–water partition coefficient (Wildman–Crippen LogP) is 2.75. The highest BCUT2D eigenvalue weighted by atomic mass is 32.2. The number of ether oxygens (including phenoxy) is 3. The van der Waals surface area contributed by atoms with E-state index in [1.54, 1.807) is 43.6 Å². The molecule has 0 saturated carbocycles. The third-order valence-electron chi connectivity index (χ3n) is 4.35. The van der Waals surface area contributed by atoms with Crippen molar-refractivity contribution in [1.29, 1.82) is 0 Å². The van der Waals surface area contributed by atoms with Crippen LogP contribution in [0.4, 0.5) is 0 Å². The first-order chi connectivity index (χ1) is 11.9. The van der Waals surface area contributed by atoms with Crippen LogP contribution in [0.3, 0.4) is 0 Å². The summed E-state index contributed by atoms with van der Waals surface area (Å²) in [4.78, 5) is 4.45. The molecule has 3 rings (SSSR count). The number of aromatic nitrogens is 2. The highest BCUT2D eigenvalue weighted by molar-refractivity contribution is 7.92. The molecular weight excluding hydrogens is 356 g/mol. The second-order valence-electron chi connectivity index (χ2n) is 8.01. The van der Waals surface area contributed by atoms with Gasteiger partial charge in [0.05, 0.1) is 11.4 Å². The molecule has 2 aromatic rings. The van der Waals surface area contributed by atoms with E-state index in [0.29, 0.717) is 12.3 Å². The van der Waals surface area contributed by atoms with Crippen molar-refractivity contribution < 1.29 is 22.6 Å². The second-order valence-corrected chi connectivity index (χ2v) is 10.7. The van der Waals surface area contributed by atoms with Crippen LogP contribution in [0.25, 0.3) is 5.65 Å². The lowest BCUT2D eigenvalue weighted by atomic mass is 10.3. The molecule has 1 aliphatic rings. The molecule has 1 aliphatic heterocycles. The van der Waals surface area contributed by atoms with Gasteiger partial charge < -0.3 is 18.6 Å². The smallest absolute Gasteiger partial charge is 0.188 e. The molecule has 26 heavy (non-hydrogen) atoms. The number of sulfone groups is 1. The van der Waals surface area contributed by atoms with Crippen LogP contribution in [0.15, 0.2) is 23.4 Å². The molecule has 1 fully saturated rings. The average Bonchev–Trinajstić information content (AvgIpc) is 3.05.